The maximum atomic E-state index is 7.10. The number of rotatable bonds is 15. The molecule has 234 valence electrons. The van der Waals surface area contributed by atoms with Gasteiger partial charge in [0.25, 0.3) is 0 Å². The molecule has 0 radical (unpaired) electrons. The summed E-state index contributed by atoms with van der Waals surface area (Å²) >= 11 is 14.2. The standard InChI is InChI=1S/C42H52Cl2/c1-7-13-29-23-31(15-9-3)41(32(24-29)16-10-4)35-19-21-37(39(43)27-35)38-22-20-36(28-40(38)44)42-33(17-11-5)25-30(14-8-2)26-34(42)18-12-6/h19-28H,7-18H2,1-6H3. The SMILES string of the molecule is CCCc1cc(CCC)c(-c2ccc(-c3ccc(-c4c(CCC)cc(CCC)cc4CCC)cc3Cl)c(Cl)c2)c(CCC)c1. The van der Waals surface area contributed by atoms with E-state index in [1.54, 1.807) is 0 Å². The Morgan fingerprint density at radius 3 is 0.932 bits per heavy atom. The summed E-state index contributed by atoms with van der Waals surface area (Å²) < 4.78 is 0. The fourth-order valence-electron chi connectivity index (χ4n) is 6.93. The van der Waals surface area contributed by atoms with Crippen LogP contribution in [0.2, 0.25) is 10.0 Å². The largest absolute Gasteiger partial charge is 0.0836 e. The molecule has 4 rings (SSSR count). The van der Waals surface area contributed by atoms with Crippen LogP contribution in [0.1, 0.15) is 113 Å². The van der Waals surface area contributed by atoms with E-state index in [-0.39, 0.29) is 0 Å². The smallest absolute Gasteiger partial charge is 0.0491 e. The number of hydrogen-bond acceptors (Lipinski definition) is 0. The summed E-state index contributed by atoms with van der Waals surface area (Å²) in [6.07, 6.45) is 13.4. The predicted molar refractivity (Wildman–Crippen MR) is 197 cm³/mol. The Kier molecular flexibility index (Phi) is 13.0. The van der Waals surface area contributed by atoms with Crippen molar-refractivity contribution < 1.29 is 0 Å². The summed E-state index contributed by atoms with van der Waals surface area (Å²) in [7, 11) is 0. The lowest BCUT2D eigenvalue weighted by Crippen LogP contribution is -2.00. The third-order valence-corrected chi connectivity index (χ3v) is 9.31. The third-order valence-electron chi connectivity index (χ3n) is 8.68. The van der Waals surface area contributed by atoms with E-state index in [2.05, 4.69) is 102 Å². The van der Waals surface area contributed by atoms with Crippen molar-refractivity contribution in [1.82, 2.24) is 0 Å². The lowest BCUT2D eigenvalue weighted by Gasteiger charge is -2.20. The van der Waals surface area contributed by atoms with Gasteiger partial charge in [-0.3, -0.25) is 0 Å². The minimum Gasteiger partial charge on any atom is -0.0836 e. The van der Waals surface area contributed by atoms with Gasteiger partial charge in [-0.25, -0.2) is 0 Å². The highest BCUT2D eigenvalue weighted by molar-refractivity contribution is 6.36. The molecule has 0 aliphatic rings. The van der Waals surface area contributed by atoms with E-state index in [1.165, 1.54) is 68.5 Å². The molecule has 0 fully saturated rings. The van der Waals surface area contributed by atoms with Gasteiger partial charge in [0, 0.05) is 21.2 Å². The van der Waals surface area contributed by atoms with Crippen molar-refractivity contribution in [3.05, 3.63) is 104 Å². The van der Waals surface area contributed by atoms with Crippen molar-refractivity contribution >= 4 is 23.2 Å². The molecule has 0 amide bonds. The zero-order valence-electron chi connectivity index (χ0n) is 28.0. The Morgan fingerprint density at radius 2 is 0.682 bits per heavy atom. The average Bonchev–Trinajstić information content (AvgIpc) is 2.98. The van der Waals surface area contributed by atoms with Crippen molar-refractivity contribution in [3.63, 3.8) is 0 Å². The van der Waals surface area contributed by atoms with Crippen LogP contribution in [0.5, 0.6) is 0 Å². The Balaban J connectivity index is 1.78. The molecule has 0 saturated carbocycles. The normalized spacial score (nSPS) is 11.4. The molecule has 0 unspecified atom stereocenters. The maximum absolute atomic E-state index is 7.10. The highest BCUT2D eigenvalue weighted by Gasteiger charge is 2.18. The summed E-state index contributed by atoms with van der Waals surface area (Å²) in [5, 5.41) is 1.50. The van der Waals surface area contributed by atoms with Crippen molar-refractivity contribution in [2.45, 2.75) is 119 Å². The molecule has 0 aromatic heterocycles. The van der Waals surface area contributed by atoms with Gasteiger partial charge in [-0.2, -0.15) is 0 Å². The fourth-order valence-corrected chi connectivity index (χ4v) is 7.50. The van der Waals surface area contributed by atoms with Gasteiger partial charge < -0.3 is 0 Å². The zero-order valence-corrected chi connectivity index (χ0v) is 29.5. The molecule has 0 heterocycles. The summed E-state index contributed by atoms with van der Waals surface area (Å²) in [6.45, 7) is 13.6. The molecular weight excluding hydrogens is 575 g/mol. The zero-order chi connectivity index (χ0) is 31.6. The first kappa shape index (κ1) is 34.3. The van der Waals surface area contributed by atoms with Crippen molar-refractivity contribution in [3.8, 4) is 33.4 Å². The van der Waals surface area contributed by atoms with Crippen LogP contribution in [-0.4, -0.2) is 0 Å². The lowest BCUT2D eigenvalue weighted by molar-refractivity contribution is 0.873. The van der Waals surface area contributed by atoms with Gasteiger partial charge in [-0.1, -0.05) is 152 Å². The molecule has 0 spiro atoms. The minimum absolute atomic E-state index is 0.752. The second-order valence-electron chi connectivity index (χ2n) is 12.5. The quantitative estimate of drug-likeness (QED) is 0.123. The van der Waals surface area contributed by atoms with Gasteiger partial charge in [0.1, 0.15) is 0 Å². The number of hydrogen-bond donors (Lipinski definition) is 0. The number of benzene rings is 4. The van der Waals surface area contributed by atoms with Crippen molar-refractivity contribution in [2.24, 2.45) is 0 Å². The van der Waals surface area contributed by atoms with Crippen LogP contribution >= 0.6 is 23.2 Å². The average molecular weight is 628 g/mol. The molecule has 0 atom stereocenters. The highest BCUT2D eigenvalue weighted by atomic mass is 35.5. The van der Waals surface area contributed by atoms with Crippen LogP contribution < -0.4 is 0 Å². The van der Waals surface area contributed by atoms with Gasteiger partial charge in [-0.15, -0.1) is 0 Å². The molecule has 0 nitrogen and oxygen atoms in total. The molecule has 4 aromatic carbocycles. The maximum Gasteiger partial charge on any atom is 0.0491 e. The van der Waals surface area contributed by atoms with Crippen molar-refractivity contribution in [1.29, 1.82) is 0 Å². The second kappa shape index (κ2) is 16.7. The predicted octanol–water partition coefficient (Wildman–Crippen LogP) is 13.7. The van der Waals surface area contributed by atoms with Crippen LogP contribution in [0.4, 0.5) is 0 Å². The van der Waals surface area contributed by atoms with Gasteiger partial charge >= 0.3 is 0 Å². The summed E-state index contributed by atoms with van der Waals surface area (Å²) in [5.41, 5.74) is 15.9. The molecule has 2 heteroatoms. The van der Waals surface area contributed by atoms with Gasteiger partial charge in [-0.05, 0) is 106 Å². The Labute approximate surface area is 278 Å². The Hall–Kier alpha value is -2.54. The second-order valence-corrected chi connectivity index (χ2v) is 13.3. The molecule has 0 aliphatic heterocycles. The summed E-state index contributed by atoms with van der Waals surface area (Å²) in [5.74, 6) is 0. The molecule has 0 bridgehead atoms. The molecular formula is C42H52Cl2. The Bertz CT molecular complexity index is 1370. The first-order valence-corrected chi connectivity index (χ1v) is 18.0. The van der Waals surface area contributed by atoms with Crippen LogP contribution in [0, 0.1) is 0 Å². The number of halogens is 2. The van der Waals surface area contributed by atoms with Crippen molar-refractivity contribution in [2.75, 3.05) is 0 Å². The van der Waals surface area contributed by atoms with E-state index in [0.717, 1.165) is 85.4 Å². The van der Waals surface area contributed by atoms with E-state index in [0.29, 0.717) is 0 Å². The lowest BCUT2D eigenvalue weighted by atomic mass is 9.86. The first-order chi connectivity index (χ1) is 21.4. The molecule has 0 aliphatic carbocycles. The molecule has 0 N–H and O–H groups in total. The van der Waals surface area contributed by atoms with Crippen LogP contribution in [0.3, 0.4) is 0 Å². The monoisotopic (exact) mass is 626 g/mol. The van der Waals surface area contributed by atoms with Gasteiger partial charge in [0.2, 0.25) is 0 Å². The Morgan fingerprint density at radius 1 is 0.386 bits per heavy atom. The highest BCUT2D eigenvalue weighted by Crippen LogP contribution is 2.41. The number of aryl methyl sites for hydroxylation is 6. The molecule has 44 heavy (non-hydrogen) atoms. The van der Waals surface area contributed by atoms with Gasteiger partial charge in [0.05, 0.1) is 0 Å². The summed E-state index contributed by atoms with van der Waals surface area (Å²) in [4.78, 5) is 0. The van der Waals surface area contributed by atoms with E-state index in [9.17, 15) is 0 Å². The van der Waals surface area contributed by atoms with Crippen LogP contribution in [0.25, 0.3) is 33.4 Å². The third kappa shape index (κ3) is 7.99. The van der Waals surface area contributed by atoms with E-state index >= 15 is 0 Å². The first-order valence-electron chi connectivity index (χ1n) is 17.3. The topological polar surface area (TPSA) is 0 Å². The summed E-state index contributed by atoms with van der Waals surface area (Å²) in [6, 6.07) is 22.9. The minimum atomic E-state index is 0.752. The van der Waals surface area contributed by atoms with E-state index < -0.39 is 0 Å². The van der Waals surface area contributed by atoms with Crippen LogP contribution in [0.15, 0.2) is 60.7 Å². The van der Waals surface area contributed by atoms with Gasteiger partial charge in [0.15, 0.2) is 0 Å². The molecule has 0 saturated heterocycles. The van der Waals surface area contributed by atoms with Crippen LogP contribution in [-0.2, 0) is 38.5 Å². The molecule has 4 aromatic rings. The van der Waals surface area contributed by atoms with E-state index in [4.69, 9.17) is 23.2 Å². The fraction of sp³-hybridized carbons (Fsp3) is 0.429. The van der Waals surface area contributed by atoms with E-state index in [1.807, 2.05) is 0 Å².